The van der Waals surface area contributed by atoms with Crippen molar-refractivity contribution in [3.05, 3.63) is 47.2 Å². The molecular weight excluding hydrogens is 260 g/mol. The first-order valence-corrected chi connectivity index (χ1v) is 6.93. The number of benzene rings is 1. The highest BCUT2D eigenvalue weighted by Crippen LogP contribution is 2.16. The quantitative estimate of drug-likeness (QED) is 0.930. The molecule has 2 heterocycles. The molecule has 0 aliphatic carbocycles. The Morgan fingerprint density at radius 1 is 1.11 bits per heavy atom. The summed E-state index contributed by atoms with van der Waals surface area (Å²) in [6.45, 7) is 5.41. The highest BCUT2D eigenvalue weighted by molar-refractivity contribution is 6.29. The summed E-state index contributed by atoms with van der Waals surface area (Å²) in [5.74, 6) is 0. The summed E-state index contributed by atoms with van der Waals surface area (Å²) in [5, 5.41) is 8.20. The lowest BCUT2D eigenvalue weighted by atomic mass is 10.2. The molecule has 0 unspecified atom stereocenters. The summed E-state index contributed by atoms with van der Waals surface area (Å²) in [7, 11) is 0. The van der Waals surface area contributed by atoms with Crippen LogP contribution in [-0.2, 0) is 6.54 Å². The maximum Gasteiger partial charge on any atom is 0.132 e. The summed E-state index contributed by atoms with van der Waals surface area (Å²) in [5.41, 5.74) is 2.33. The molecule has 0 bridgehead atoms. The third-order valence-corrected chi connectivity index (χ3v) is 3.68. The highest BCUT2D eigenvalue weighted by atomic mass is 35.5. The molecule has 1 aromatic carbocycles. The Hall–Kier alpha value is -1.36. The molecule has 2 aromatic rings. The number of aromatic nitrogens is 2. The van der Waals surface area contributed by atoms with Crippen molar-refractivity contribution >= 4 is 11.6 Å². The second-order valence-electron chi connectivity index (χ2n) is 4.76. The minimum Gasteiger partial charge on any atom is -0.314 e. The van der Waals surface area contributed by atoms with Crippen molar-refractivity contribution in [2.24, 2.45) is 0 Å². The zero-order valence-corrected chi connectivity index (χ0v) is 11.5. The van der Waals surface area contributed by atoms with Crippen LogP contribution in [0.25, 0.3) is 5.69 Å². The standard InChI is InChI=1S/C14H17ClN4/c15-14-5-6-17-19(14)13-3-1-12(2-4-13)11-18-9-7-16-8-10-18/h1-6,16H,7-11H2. The van der Waals surface area contributed by atoms with Gasteiger partial charge in [0.1, 0.15) is 5.15 Å². The Balaban J connectivity index is 1.70. The van der Waals surface area contributed by atoms with Gasteiger partial charge in [-0.3, -0.25) is 4.90 Å². The maximum atomic E-state index is 6.06. The first-order chi connectivity index (χ1) is 9.33. The van der Waals surface area contributed by atoms with E-state index < -0.39 is 0 Å². The molecule has 1 fully saturated rings. The fraction of sp³-hybridized carbons (Fsp3) is 0.357. The highest BCUT2D eigenvalue weighted by Gasteiger charge is 2.10. The molecule has 19 heavy (non-hydrogen) atoms. The van der Waals surface area contributed by atoms with E-state index in [1.165, 1.54) is 5.56 Å². The van der Waals surface area contributed by atoms with Crippen molar-refractivity contribution in [2.75, 3.05) is 26.2 Å². The lowest BCUT2D eigenvalue weighted by molar-refractivity contribution is 0.233. The van der Waals surface area contributed by atoms with E-state index in [-0.39, 0.29) is 0 Å². The molecule has 5 heteroatoms. The molecule has 1 aliphatic rings. The van der Waals surface area contributed by atoms with Gasteiger partial charge in [-0.15, -0.1) is 0 Å². The van der Waals surface area contributed by atoms with Crippen LogP contribution < -0.4 is 5.32 Å². The summed E-state index contributed by atoms with van der Waals surface area (Å²) in [6.07, 6.45) is 1.71. The SMILES string of the molecule is Clc1ccnn1-c1ccc(CN2CCNCC2)cc1. The lowest BCUT2D eigenvalue weighted by Gasteiger charge is -2.27. The summed E-state index contributed by atoms with van der Waals surface area (Å²) >= 11 is 6.06. The van der Waals surface area contributed by atoms with Gasteiger partial charge < -0.3 is 5.32 Å². The molecule has 4 nitrogen and oxygen atoms in total. The van der Waals surface area contributed by atoms with Crippen molar-refractivity contribution < 1.29 is 0 Å². The molecule has 0 spiro atoms. The molecule has 3 rings (SSSR count). The maximum absolute atomic E-state index is 6.06. The Morgan fingerprint density at radius 3 is 2.47 bits per heavy atom. The van der Waals surface area contributed by atoms with Crippen molar-refractivity contribution in [3.63, 3.8) is 0 Å². The first kappa shape index (κ1) is 12.7. The van der Waals surface area contributed by atoms with E-state index in [0.717, 1.165) is 38.4 Å². The topological polar surface area (TPSA) is 33.1 Å². The van der Waals surface area contributed by atoms with Crippen LogP contribution in [0.4, 0.5) is 0 Å². The molecule has 1 saturated heterocycles. The van der Waals surface area contributed by atoms with Crippen molar-refractivity contribution in [3.8, 4) is 5.69 Å². The van der Waals surface area contributed by atoms with Gasteiger partial charge in [0.15, 0.2) is 0 Å². The van der Waals surface area contributed by atoms with Crippen LogP contribution in [0.2, 0.25) is 5.15 Å². The molecular formula is C14H17ClN4. The van der Waals surface area contributed by atoms with Crippen LogP contribution in [0.15, 0.2) is 36.5 Å². The van der Waals surface area contributed by atoms with Gasteiger partial charge in [0.2, 0.25) is 0 Å². The van der Waals surface area contributed by atoms with Gasteiger partial charge in [0, 0.05) is 32.7 Å². The normalized spacial score (nSPS) is 16.7. The molecule has 100 valence electrons. The summed E-state index contributed by atoms with van der Waals surface area (Å²) in [4.78, 5) is 2.46. The second-order valence-corrected chi connectivity index (χ2v) is 5.15. The predicted molar refractivity (Wildman–Crippen MR) is 76.7 cm³/mol. The van der Waals surface area contributed by atoms with Crippen LogP contribution >= 0.6 is 11.6 Å². The summed E-state index contributed by atoms with van der Waals surface area (Å²) in [6, 6.07) is 10.2. The number of halogens is 1. The van der Waals surface area contributed by atoms with Gasteiger partial charge in [-0.1, -0.05) is 23.7 Å². The fourth-order valence-corrected chi connectivity index (χ4v) is 2.54. The van der Waals surface area contributed by atoms with E-state index in [1.54, 1.807) is 16.9 Å². The Kier molecular flexibility index (Phi) is 3.82. The molecule has 1 N–H and O–H groups in total. The van der Waals surface area contributed by atoms with Crippen molar-refractivity contribution in [1.29, 1.82) is 0 Å². The minimum absolute atomic E-state index is 0.634. The lowest BCUT2D eigenvalue weighted by Crippen LogP contribution is -2.42. The Bertz CT molecular complexity index is 529. The van der Waals surface area contributed by atoms with E-state index in [2.05, 4.69) is 39.6 Å². The number of hydrogen-bond acceptors (Lipinski definition) is 3. The van der Waals surface area contributed by atoms with Gasteiger partial charge in [-0.2, -0.15) is 5.10 Å². The van der Waals surface area contributed by atoms with E-state index in [1.807, 2.05) is 0 Å². The predicted octanol–water partition coefficient (Wildman–Crippen LogP) is 1.93. The molecule has 0 saturated carbocycles. The minimum atomic E-state index is 0.634. The van der Waals surface area contributed by atoms with Crippen molar-refractivity contribution in [1.82, 2.24) is 20.0 Å². The number of hydrogen-bond donors (Lipinski definition) is 1. The average Bonchev–Trinajstić information content (AvgIpc) is 2.87. The van der Waals surface area contributed by atoms with Crippen LogP contribution in [0, 0.1) is 0 Å². The average molecular weight is 277 g/mol. The van der Waals surface area contributed by atoms with Crippen LogP contribution in [0.5, 0.6) is 0 Å². The second kappa shape index (κ2) is 5.74. The van der Waals surface area contributed by atoms with E-state index in [9.17, 15) is 0 Å². The third kappa shape index (κ3) is 2.97. The zero-order chi connectivity index (χ0) is 13.1. The van der Waals surface area contributed by atoms with Gasteiger partial charge >= 0.3 is 0 Å². The first-order valence-electron chi connectivity index (χ1n) is 6.55. The van der Waals surface area contributed by atoms with Crippen LogP contribution in [-0.4, -0.2) is 40.9 Å². The molecule has 1 aliphatic heterocycles. The van der Waals surface area contributed by atoms with Crippen LogP contribution in [0.3, 0.4) is 0 Å². The van der Waals surface area contributed by atoms with Gasteiger partial charge in [-0.05, 0) is 23.8 Å². The van der Waals surface area contributed by atoms with Gasteiger partial charge in [0.05, 0.1) is 11.9 Å². The third-order valence-electron chi connectivity index (χ3n) is 3.39. The van der Waals surface area contributed by atoms with Gasteiger partial charge in [-0.25, -0.2) is 4.68 Å². The Morgan fingerprint density at radius 2 is 1.84 bits per heavy atom. The molecule has 0 amide bonds. The van der Waals surface area contributed by atoms with E-state index in [0.29, 0.717) is 5.15 Å². The fourth-order valence-electron chi connectivity index (χ4n) is 2.35. The largest absolute Gasteiger partial charge is 0.314 e. The monoisotopic (exact) mass is 276 g/mol. The van der Waals surface area contributed by atoms with E-state index in [4.69, 9.17) is 11.6 Å². The Labute approximate surface area is 118 Å². The molecule has 0 radical (unpaired) electrons. The number of rotatable bonds is 3. The molecule has 0 atom stereocenters. The van der Waals surface area contributed by atoms with Gasteiger partial charge in [0.25, 0.3) is 0 Å². The number of piperazine rings is 1. The summed E-state index contributed by atoms with van der Waals surface area (Å²) < 4.78 is 1.73. The van der Waals surface area contributed by atoms with E-state index >= 15 is 0 Å². The van der Waals surface area contributed by atoms with Crippen molar-refractivity contribution in [2.45, 2.75) is 6.54 Å². The molecule has 1 aromatic heterocycles. The van der Waals surface area contributed by atoms with Crippen LogP contribution in [0.1, 0.15) is 5.56 Å². The zero-order valence-electron chi connectivity index (χ0n) is 10.7. The number of nitrogens with zero attached hydrogens (tertiary/aromatic N) is 3. The smallest absolute Gasteiger partial charge is 0.132 e. The number of nitrogens with one attached hydrogen (secondary N) is 1.